The van der Waals surface area contributed by atoms with Crippen molar-refractivity contribution in [2.24, 2.45) is 4.99 Å². The van der Waals surface area contributed by atoms with E-state index in [1.54, 1.807) is 19.2 Å². The third-order valence-corrected chi connectivity index (χ3v) is 4.96. The first-order valence-corrected chi connectivity index (χ1v) is 9.72. The molecule has 1 saturated heterocycles. The second kappa shape index (κ2) is 11.9. The van der Waals surface area contributed by atoms with E-state index >= 15 is 0 Å². The number of pyridine rings is 1. The largest absolute Gasteiger partial charge is 0.356 e. The summed E-state index contributed by atoms with van der Waals surface area (Å²) in [5.41, 5.74) is 1.80. The first-order valence-electron chi connectivity index (χ1n) is 9.72. The Balaban J connectivity index is 0.00000300. The maximum Gasteiger partial charge on any atom is 0.191 e. The zero-order valence-corrected chi connectivity index (χ0v) is 19.4. The third kappa shape index (κ3) is 7.11. The van der Waals surface area contributed by atoms with Crippen molar-refractivity contribution >= 4 is 35.8 Å². The molecule has 29 heavy (non-hydrogen) atoms. The summed E-state index contributed by atoms with van der Waals surface area (Å²) < 4.78 is 13.7. The number of piperazine rings is 1. The first-order chi connectivity index (χ1) is 13.7. The standard InChI is InChI=1S/C21H29FN6.HI/c1-23-21(24-10-9-18-5-3-4-6-19(18)22)26-16-17-7-8-20(25-15-17)28-13-11-27(2)12-14-28;/h3-8,15H,9-14,16H2,1-2H3,(H2,23,24,26);1H. The van der Waals surface area contributed by atoms with Gasteiger partial charge in [-0.1, -0.05) is 24.3 Å². The molecule has 158 valence electrons. The second-order valence-corrected chi connectivity index (χ2v) is 7.01. The van der Waals surface area contributed by atoms with Crippen molar-refractivity contribution in [1.29, 1.82) is 0 Å². The SMILES string of the molecule is CN=C(NCCc1ccccc1F)NCc1ccc(N2CCN(C)CC2)nc1.I. The number of hydrogen-bond donors (Lipinski definition) is 2. The molecule has 0 amide bonds. The van der Waals surface area contributed by atoms with Gasteiger partial charge in [0.05, 0.1) is 0 Å². The number of anilines is 1. The van der Waals surface area contributed by atoms with Crippen molar-refractivity contribution in [1.82, 2.24) is 20.5 Å². The number of rotatable bonds is 6. The van der Waals surface area contributed by atoms with Crippen LogP contribution < -0.4 is 15.5 Å². The smallest absolute Gasteiger partial charge is 0.191 e. The normalized spacial score (nSPS) is 15.0. The Bertz CT molecular complexity index is 775. The molecule has 2 aromatic rings. The van der Waals surface area contributed by atoms with Crippen molar-refractivity contribution in [3.8, 4) is 0 Å². The van der Waals surface area contributed by atoms with Gasteiger partial charge in [-0.2, -0.15) is 0 Å². The molecule has 1 aromatic carbocycles. The first kappa shape index (κ1) is 23.3. The average molecular weight is 512 g/mol. The van der Waals surface area contributed by atoms with Crippen LogP contribution in [0.2, 0.25) is 0 Å². The fourth-order valence-corrected chi connectivity index (χ4v) is 3.17. The van der Waals surface area contributed by atoms with Crippen LogP contribution in [0.4, 0.5) is 10.2 Å². The van der Waals surface area contributed by atoms with Gasteiger partial charge in [0.25, 0.3) is 0 Å². The highest BCUT2D eigenvalue weighted by atomic mass is 127. The van der Waals surface area contributed by atoms with E-state index in [2.05, 4.69) is 49.6 Å². The molecule has 0 spiro atoms. The van der Waals surface area contributed by atoms with Crippen molar-refractivity contribution in [2.45, 2.75) is 13.0 Å². The molecule has 8 heteroatoms. The summed E-state index contributed by atoms with van der Waals surface area (Å²) >= 11 is 0. The molecule has 0 aliphatic carbocycles. The summed E-state index contributed by atoms with van der Waals surface area (Å²) in [7, 11) is 3.88. The van der Waals surface area contributed by atoms with E-state index in [0.29, 0.717) is 31.0 Å². The molecule has 0 atom stereocenters. The van der Waals surface area contributed by atoms with Gasteiger partial charge < -0.3 is 20.4 Å². The van der Waals surface area contributed by atoms with E-state index in [1.165, 1.54) is 6.07 Å². The molecule has 6 nitrogen and oxygen atoms in total. The van der Waals surface area contributed by atoms with E-state index < -0.39 is 0 Å². The Kier molecular flexibility index (Phi) is 9.59. The molecule has 2 N–H and O–H groups in total. The Labute approximate surface area is 189 Å². The number of hydrogen-bond acceptors (Lipinski definition) is 4. The van der Waals surface area contributed by atoms with Gasteiger partial charge in [0, 0.05) is 52.5 Å². The Morgan fingerprint density at radius 2 is 1.86 bits per heavy atom. The molecular formula is C21H30FIN6. The van der Waals surface area contributed by atoms with Crippen LogP contribution in [0.1, 0.15) is 11.1 Å². The fourth-order valence-electron chi connectivity index (χ4n) is 3.17. The van der Waals surface area contributed by atoms with Crippen LogP contribution in [0, 0.1) is 5.82 Å². The van der Waals surface area contributed by atoms with Crippen LogP contribution >= 0.6 is 24.0 Å². The molecule has 2 heterocycles. The van der Waals surface area contributed by atoms with Crippen LogP contribution in [0.3, 0.4) is 0 Å². The minimum atomic E-state index is -0.168. The number of guanidine groups is 1. The lowest BCUT2D eigenvalue weighted by molar-refractivity contribution is 0.312. The summed E-state index contributed by atoms with van der Waals surface area (Å²) in [6.07, 6.45) is 2.52. The predicted octanol–water partition coefficient (Wildman–Crippen LogP) is 2.50. The highest BCUT2D eigenvalue weighted by Crippen LogP contribution is 2.13. The van der Waals surface area contributed by atoms with E-state index in [-0.39, 0.29) is 29.8 Å². The zero-order valence-electron chi connectivity index (χ0n) is 17.1. The zero-order chi connectivity index (χ0) is 19.8. The summed E-state index contributed by atoms with van der Waals surface area (Å²) in [6, 6.07) is 11.0. The summed E-state index contributed by atoms with van der Waals surface area (Å²) in [5, 5.41) is 6.50. The number of aromatic nitrogens is 1. The number of benzene rings is 1. The van der Waals surface area contributed by atoms with Crippen molar-refractivity contribution in [2.75, 3.05) is 51.7 Å². The summed E-state index contributed by atoms with van der Waals surface area (Å²) in [4.78, 5) is 13.5. The third-order valence-electron chi connectivity index (χ3n) is 4.96. The van der Waals surface area contributed by atoms with E-state index in [9.17, 15) is 4.39 Å². The average Bonchev–Trinajstić information content (AvgIpc) is 2.73. The molecule has 0 unspecified atom stereocenters. The minimum absolute atomic E-state index is 0. The van der Waals surface area contributed by atoms with Gasteiger partial charge in [-0.3, -0.25) is 4.99 Å². The molecular weight excluding hydrogens is 482 g/mol. The fraction of sp³-hybridized carbons (Fsp3) is 0.429. The van der Waals surface area contributed by atoms with E-state index in [1.807, 2.05) is 12.3 Å². The van der Waals surface area contributed by atoms with Crippen LogP contribution in [-0.4, -0.2) is 62.7 Å². The highest BCUT2D eigenvalue weighted by molar-refractivity contribution is 14.0. The van der Waals surface area contributed by atoms with Gasteiger partial charge in [0.1, 0.15) is 11.6 Å². The Morgan fingerprint density at radius 3 is 2.52 bits per heavy atom. The lowest BCUT2D eigenvalue weighted by Gasteiger charge is -2.33. The van der Waals surface area contributed by atoms with Crippen LogP contribution in [0.5, 0.6) is 0 Å². The Hall–Kier alpha value is -1.94. The molecule has 1 aliphatic heterocycles. The van der Waals surface area contributed by atoms with Gasteiger partial charge in [-0.25, -0.2) is 9.37 Å². The number of halogens is 2. The summed E-state index contributed by atoms with van der Waals surface area (Å²) in [5.74, 6) is 1.56. The number of nitrogens with zero attached hydrogens (tertiary/aromatic N) is 4. The highest BCUT2D eigenvalue weighted by Gasteiger charge is 2.14. The van der Waals surface area contributed by atoms with Crippen molar-refractivity contribution in [3.05, 3.63) is 59.5 Å². The van der Waals surface area contributed by atoms with Gasteiger partial charge >= 0.3 is 0 Å². The number of nitrogens with one attached hydrogen (secondary N) is 2. The van der Waals surface area contributed by atoms with Gasteiger partial charge in [-0.15, -0.1) is 24.0 Å². The molecule has 1 aromatic heterocycles. The lowest BCUT2D eigenvalue weighted by atomic mass is 10.1. The molecule has 0 saturated carbocycles. The Morgan fingerprint density at radius 1 is 1.10 bits per heavy atom. The number of aliphatic imine (C=N–C) groups is 1. The van der Waals surface area contributed by atoms with Gasteiger partial charge in [-0.05, 0) is 36.7 Å². The second-order valence-electron chi connectivity index (χ2n) is 7.01. The van der Waals surface area contributed by atoms with E-state index in [4.69, 9.17) is 0 Å². The molecule has 0 radical (unpaired) electrons. The van der Waals surface area contributed by atoms with Crippen LogP contribution in [0.15, 0.2) is 47.6 Å². The van der Waals surface area contributed by atoms with Crippen LogP contribution in [0.25, 0.3) is 0 Å². The molecule has 0 bridgehead atoms. The topological polar surface area (TPSA) is 55.8 Å². The van der Waals surface area contributed by atoms with Gasteiger partial charge in [0.15, 0.2) is 5.96 Å². The maximum absolute atomic E-state index is 13.7. The maximum atomic E-state index is 13.7. The predicted molar refractivity (Wildman–Crippen MR) is 128 cm³/mol. The number of likely N-dealkylation sites (N-methyl/N-ethyl adjacent to an activating group) is 1. The monoisotopic (exact) mass is 512 g/mol. The van der Waals surface area contributed by atoms with E-state index in [0.717, 1.165) is 37.6 Å². The molecule has 3 rings (SSSR count). The lowest BCUT2D eigenvalue weighted by Crippen LogP contribution is -2.44. The molecule has 1 fully saturated rings. The minimum Gasteiger partial charge on any atom is -0.356 e. The quantitative estimate of drug-likeness (QED) is 0.354. The van der Waals surface area contributed by atoms with Crippen molar-refractivity contribution in [3.63, 3.8) is 0 Å². The molecule has 1 aliphatic rings. The van der Waals surface area contributed by atoms with Crippen LogP contribution in [-0.2, 0) is 13.0 Å². The summed E-state index contributed by atoms with van der Waals surface area (Å²) in [6.45, 7) is 5.41. The van der Waals surface area contributed by atoms with Crippen molar-refractivity contribution < 1.29 is 4.39 Å². The van der Waals surface area contributed by atoms with Gasteiger partial charge in [0.2, 0.25) is 0 Å².